The molecule has 5 nitrogen and oxygen atoms in total. The van der Waals surface area contributed by atoms with Crippen molar-refractivity contribution in [3.05, 3.63) is 23.2 Å². The van der Waals surface area contributed by atoms with Crippen molar-refractivity contribution in [3.63, 3.8) is 0 Å². The molecular weight excluding hydrogens is 316 g/mol. The van der Waals surface area contributed by atoms with E-state index in [4.69, 9.17) is 16.3 Å². The van der Waals surface area contributed by atoms with Crippen LogP contribution in [0.4, 0.5) is 5.69 Å². The molecule has 0 N–H and O–H groups in total. The number of amides is 2. The van der Waals surface area contributed by atoms with Gasteiger partial charge in [-0.05, 0) is 30.4 Å². The molecule has 1 fully saturated rings. The zero-order chi connectivity index (χ0) is 16.6. The fourth-order valence-corrected chi connectivity index (χ4v) is 3.70. The Morgan fingerprint density at radius 1 is 1.30 bits per heavy atom. The van der Waals surface area contributed by atoms with E-state index in [1.54, 1.807) is 18.2 Å². The fraction of sp³-hybridized carbons (Fsp3) is 0.529. The Bertz CT molecular complexity index is 624. The maximum atomic E-state index is 12.7. The number of anilines is 1. The van der Waals surface area contributed by atoms with Gasteiger partial charge >= 0.3 is 0 Å². The van der Waals surface area contributed by atoms with Gasteiger partial charge in [0.1, 0.15) is 6.54 Å². The smallest absolute Gasteiger partial charge is 0.265 e. The van der Waals surface area contributed by atoms with Crippen LogP contribution in [0.25, 0.3) is 0 Å². The lowest BCUT2D eigenvalue weighted by molar-refractivity contribution is -0.134. The van der Waals surface area contributed by atoms with Crippen LogP contribution in [0.3, 0.4) is 0 Å². The molecule has 2 atom stereocenters. The average Bonchev–Trinajstić information content (AvgIpc) is 2.49. The maximum Gasteiger partial charge on any atom is 0.265 e. The summed E-state index contributed by atoms with van der Waals surface area (Å²) in [5.41, 5.74) is 0.570. The summed E-state index contributed by atoms with van der Waals surface area (Å²) in [6, 6.07) is 5.23. The predicted molar refractivity (Wildman–Crippen MR) is 88.8 cm³/mol. The molecule has 2 aliphatic heterocycles. The van der Waals surface area contributed by atoms with E-state index in [9.17, 15) is 9.59 Å². The molecule has 0 aromatic heterocycles. The van der Waals surface area contributed by atoms with Crippen LogP contribution < -0.4 is 9.64 Å². The molecule has 2 amide bonds. The number of benzene rings is 1. The van der Waals surface area contributed by atoms with E-state index in [-0.39, 0.29) is 25.0 Å². The molecule has 0 radical (unpaired) electrons. The van der Waals surface area contributed by atoms with Gasteiger partial charge in [-0.2, -0.15) is 0 Å². The Morgan fingerprint density at radius 3 is 2.70 bits per heavy atom. The molecular formula is C17H21ClN2O3. The molecule has 0 unspecified atom stereocenters. The van der Waals surface area contributed by atoms with Crippen molar-refractivity contribution in [2.24, 2.45) is 11.8 Å². The molecule has 1 saturated heterocycles. The minimum Gasteiger partial charge on any atom is -0.480 e. The van der Waals surface area contributed by atoms with Crippen LogP contribution in [-0.4, -0.2) is 43.0 Å². The molecule has 0 saturated carbocycles. The van der Waals surface area contributed by atoms with Gasteiger partial charge in [0.15, 0.2) is 12.4 Å². The Hall–Kier alpha value is -1.75. The zero-order valence-electron chi connectivity index (χ0n) is 13.4. The van der Waals surface area contributed by atoms with E-state index in [0.29, 0.717) is 28.3 Å². The van der Waals surface area contributed by atoms with Gasteiger partial charge in [0.05, 0.1) is 10.7 Å². The molecule has 0 spiro atoms. The highest BCUT2D eigenvalue weighted by Crippen LogP contribution is 2.38. The lowest BCUT2D eigenvalue weighted by atomic mass is 9.92. The summed E-state index contributed by atoms with van der Waals surface area (Å²) in [7, 11) is 0. The summed E-state index contributed by atoms with van der Waals surface area (Å²) in [5.74, 6) is 1.22. The molecule has 124 valence electrons. The quantitative estimate of drug-likeness (QED) is 0.834. The molecule has 2 aliphatic rings. The van der Waals surface area contributed by atoms with E-state index in [1.807, 2.05) is 4.90 Å². The standard InChI is InChI=1S/C17H21ClN2O3/c1-11-6-12(2)8-19(7-11)15(21)9-20-14-5-3-4-13(18)17(14)23-10-16(20)22/h3-5,11-12H,6-10H2,1-2H3/t11-,12-/m1/s1. The van der Waals surface area contributed by atoms with Gasteiger partial charge in [-0.1, -0.05) is 31.5 Å². The first-order valence-electron chi connectivity index (χ1n) is 7.95. The SMILES string of the molecule is C[C@@H]1C[C@@H](C)CN(C(=O)CN2C(=O)COc3c(Cl)cccc32)C1. The first kappa shape index (κ1) is 16.1. The van der Waals surface area contributed by atoms with Crippen molar-refractivity contribution in [2.45, 2.75) is 20.3 Å². The van der Waals surface area contributed by atoms with Crippen LogP contribution in [0, 0.1) is 11.8 Å². The summed E-state index contributed by atoms with van der Waals surface area (Å²) in [4.78, 5) is 28.2. The highest BCUT2D eigenvalue weighted by molar-refractivity contribution is 6.32. The highest BCUT2D eigenvalue weighted by atomic mass is 35.5. The van der Waals surface area contributed by atoms with E-state index >= 15 is 0 Å². The maximum absolute atomic E-state index is 12.7. The second-order valence-corrected chi connectivity index (χ2v) is 7.01. The van der Waals surface area contributed by atoms with Crippen molar-refractivity contribution >= 4 is 29.1 Å². The molecule has 1 aromatic carbocycles. The Morgan fingerprint density at radius 2 is 2.00 bits per heavy atom. The molecule has 3 rings (SSSR count). The first-order chi connectivity index (χ1) is 11.0. The average molecular weight is 337 g/mol. The Balaban J connectivity index is 1.78. The monoisotopic (exact) mass is 336 g/mol. The molecule has 2 heterocycles. The molecule has 0 aliphatic carbocycles. The van der Waals surface area contributed by atoms with Gasteiger partial charge < -0.3 is 9.64 Å². The summed E-state index contributed by atoms with van der Waals surface area (Å²) < 4.78 is 5.41. The van der Waals surface area contributed by atoms with Gasteiger partial charge in [-0.25, -0.2) is 0 Å². The number of piperidine rings is 1. The third kappa shape index (κ3) is 3.29. The van der Waals surface area contributed by atoms with Crippen LogP contribution in [0.2, 0.25) is 5.02 Å². The topological polar surface area (TPSA) is 49.9 Å². The van der Waals surface area contributed by atoms with E-state index < -0.39 is 0 Å². The van der Waals surface area contributed by atoms with Crippen molar-refractivity contribution in [1.29, 1.82) is 0 Å². The highest BCUT2D eigenvalue weighted by Gasteiger charge is 2.32. The minimum atomic E-state index is -0.216. The Labute approximate surface area is 141 Å². The van der Waals surface area contributed by atoms with E-state index in [1.165, 1.54) is 4.90 Å². The zero-order valence-corrected chi connectivity index (χ0v) is 14.2. The number of para-hydroxylation sites is 1. The number of carbonyl (C=O) groups is 2. The summed E-state index contributed by atoms with van der Waals surface area (Å²) in [6.07, 6.45) is 1.14. The second-order valence-electron chi connectivity index (χ2n) is 6.60. The number of ether oxygens (including phenoxy) is 1. The van der Waals surface area contributed by atoms with Gasteiger partial charge in [0.25, 0.3) is 5.91 Å². The van der Waals surface area contributed by atoms with Gasteiger partial charge in [0.2, 0.25) is 5.91 Å². The number of hydrogen-bond donors (Lipinski definition) is 0. The lowest BCUT2D eigenvalue weighted by Crippen LogP contribution is -2.50. The molecule has 1 aromatic rings. The van der Waals surface area contributed by atoms with Crippen LogP contribution in [0.15, 0.2) is 18.2 Å². The number of nitrogens with zero attached hydrogens (tertiary/aromatic N) is 2. The van der Waals surface area contributed by atoms with E-state index in [0.717, 1.165) is 19.5 Å². The minimum absolute atomic E-state index is 0.0235. The summed E-state index contributed by atoms with van der Waals surface area (Å²) >= 11 is 6.12. The summed E-state index contributed by atoms with van der Waals surface area (Å²) in [5, 5.41) is 0.452. The predicted octanol–water partition coefficient (Wildman–Crippen LogP) is 2.57. The van der Waals surface area contributed by atoms with Crippen molar-refractivity contribution < 1.29 is 14.3 Å². The van der Waals surface area contributed by atoms with Crippen LogP contribution >= 0.6 is 11.6 Å². The van der Waals surface area contributed by atoms with Gasteiger partial charge in [-0.3, -0.25) is 14.5 Å². The van der Waals surface area contributed by atoms with Gasteiger partial charge in [0, 0.05) is 13.1 Å². The normalized spacial score (nSPS) is 24.2. The van der Waals surface area contributed by atoms with Gasteiger partial charge in [-0.15, -0.1) is 0 Å². The third-order valence-electron chi connectivity index (χ3n) is 4.39. The third-order valence-corrected chi connectivity index (χ3v) is 4.69. The fourth-order valence-electron chi connectivity index (χ4n) is 3.47. The molecule has 6 heteroatoms. The largest absolute Gasteiger partial charge is 0.480 e. The van der Waals surface area contributed by atoms with Crippen molar-refractivity contribution in [1.82, 2.24) is 4.90 Å². The Kier molecular flexibility index (Phi) is 4.48. The van der Waals surface area contributed by atoms with Crippen LogP contribution in [0.1, 0.15) is 20.3 Å². The van der Waals surface area contributed by atoms with Crippen molar-refractivity contribution in [2.75, 3.05) is 31.1 Å². The number of likely N-dealkylation sites (tertiary alicyclic amines) is 1. The lowest BCUT2D eigenvalue weighted by Gasteiger charge is -2.37. The van der Waals surface area contributed by atoms with Crippen molar-refractivity contribution in [3.8, 4) is 5.75 Å². The second kappa shape index (κ2) is 6.40. The van der Waals surface area contributed by atoms with Crippen LogP contribution in [-0.2, 0) is 9.59 Å². The number of halogens is 1. The number of fused-ring (bicyclic) bond motifs is 1. The molecule has 0 bridgehead atoms. The molecule has 23 heavy (non-hydrogen) atoms. The van der Waals surface area contributed by atoms with E-state index in [2.05, 4.69) is 13.8 Å². The summed E-state index contributed by atoms with van der Waals surface area (Å²) in [6.45, 7) is 5.77. The first-order valence-corrected chi connectivity index (χ1v) is 8.33. The number of rotatable bonds is 2. The van der Waals surface area contributed by atoms with Crippen LogP contribution in [0.5, 0.6) is 5.75 Å². The number of carbonyl (C=O) groups excluding carboxylic acids is 2. The number of hydrogen-bond acceptors (Lipinski definition) is 3.